The number of hydrogen-bond donors (Lipinski definition) is 2. The summed E-state index contributed by atoms with van der Waals surface area (Å²) in [6, 6.07) is 10.4. The van der Waals surface area contributed by atoms with Gasteiger partial charge in [-0.25, -0.2) is 4.39 Å². The highest BCUT2D eigenvalue weighted by Gasteiger charge is 2.15. The monoisotopic (exact) mass is 359 g/mol. The summed E-state index contributed by atoms with van der Waals surface area (Å²) >= 11 is 0. The van der Waals surface area contributed by atoms with Crippen molar-refractivity contribution in [1.29, 1.82) is 0 Å². The average molecular weight is 359 g/mol. The molecule has 0 aliphatic heterocycles. The number of halogens is 1. The van der Waals surface area contributed by atoms with Gasteiger partial charge in [0.05, 0.1) is 12.2 Å². The third-order valence-corrected chi connectivity index (χ3v) is 3.66. The fraction of sp³-hybridized carbons (Fsp3) is 0.263. The zero-order valence-electron chi connectivity index (χ0n) is 15.0. The normalized spacial score (nSPS) is 10.3. The lowest BCUT2D eigenvalue weighted by Crippen LogP contribution is -2.28. The van der Waals surface area contributed by atoms with Crippen molar-refractivity contribution in [2.45, 2.75) is 0 Å². The van der Waals surface area contributed by atoms with E-state index in [-0.39, 0.29) is 11.5 Å². The molecule has 0 bridgehead atoms. The van der Waals surface area contributed by atoms with Crippen LogP contribution in [0.2, 0.25) is 0 Å². The van der Waals surface area contributed by atoms with E-state index >= 15 is 0 Å². The Labute approximate surface area is 152 Å². The first-order chi connectivity index (χ1) is 12.4. The van der Waals surface area contributed by atoms with Crippen LogP contribution in [0.25, 0.3) is 0 Å². The number of methoxy groups -OCH3 is 1. The number of nitrogens with one attached hydrogen (secondary N) is 2. The van der Waals surface area contributed by atoms with Crippen LogP contribution < -0.4 is 15.5 Å². The van der Waals surface area contributed by atoms with Crippen molar-refractivity contribution in [2.24, 2.45) is 0 Å². The van der Waals surface area contributed by atoms with Crippen LogP contribution in [0.15, 0.2) is 42.5 Å². The number of carbonyl (C=O) groups excluding carboxylic acids is 2. The molecule has 0 saturated carbocycles. The Morgan fingerprint density at radius 1 is 1.12 bits per heavy atom. The number of amides is 2. The highest BCUT2D eigenvalue weighted by molar-refractivity contribution is 6.06. The SMILES string of the molecule is COCCNC(=O)c1cc(NC(=O)c2cccc(F)c2)ccc1N(C)C. The molecule has 2 N–H and O–H groups in total. The Kier molecular flexibility index (Phi) is 6.68. The van der Waals surface area contributed by atoms with Gasteiger partial charge in [0.15, 0.2) is 0 Å². The van der Waals surface area contributed by atoms with Crippen molar-refractivity contribution in [3.63, 3.8) is 0 Å². The Balaban J connectivity index is 2.23. The van der Waals surface area contributed by atoms with E-state index in [0.29, 0.717) is 30.1 Å². The molecule has 26 heavy (non-hydrogen) atoms. The minimum Gasteiger partial charge on any atom is -0.383 e. The number of hydrogen-bond acceptors (Lipinski definition) is 4. The van der Waals surface area contributed by atoms with Gasteiger partial charge in [-0.3, -0.25) is 9.59 Å². The molecule has 0 aliphatic rings. The van der Waals surface area contributed by atoms with Gasteiger partial charge in [0.1, 0.15) is 5.82 Å². The van der Waals surface area contributed by atoms with Gasteiger partial charge >= 0.3 is 0 Å². The summed E-state index contributed by atoms with van der Waals surface area (Å²) in [7, 11) is 5.21. The Hall–Kier alpha value is -2.93. The van der Waals surface area contributed by atoms with Gasteiger partial charge in [0.2, 0.25) is 0 Å². The first kappa shape index (κ1) is 19.4. The Morgan fingerprint density at radius 2 is 1.88 bits per heavy atom. The first-order valence-electron chi connectivity index (χ1n) is 8.08. The molecule has 2 aromatic rings. The average Bonchev–Trinajstić information content (AvgIpc) is 2.61. The third kappa shape index (κ3) is 5.03. The highest BCUT2D eigenvalue weighted by atomic mass is 19.1. The summed E-state index contributed by atoms with van der Waals surface area (Å²) in [5.74, 6) is -1.21. The smallest absolute Gasteiger partial charge is 0.255 e. The van der Waals surface area contributed by atoms with E-state index in [9.17, 15) is 14.0 Å². The summed E-state index contributed by atoms with van der Waals surface area (Å²) < 4.78 is 18.2. The van der Waals surface area contributed by atoms with Crippen LogP contribution >= 0.6 is 0 Å². The van der Waals surface area contributed by atoms with Gasteiger partial charge in [0, 0.05) is 44.7 Å². The van der Waals surface area contributed by atoms with Crippen molar-refractivity contribution in [2.75, 3.05) is 44.6 Å². The molecule has 0 radical (unpaired) electrons. The van der Waals surface area contributed by atoms with E-state index in [4.69, 9.17) is 4.74 Å². The summed E-state index contributed by atoms with van der Waals surface area (Å²) in [6.45, 7) is 0.779. The minimum absolute atomic E-state index is 0.202. The fourth-order valence-electron chi connectivity index (χ4n) is 2.38. The molecule has 0 atom stereocenters. The molecule has 2 aromatic carbocycles. The molecule has 0 saturated heterocycles. The van der Waals surface area contributed by atoms with E-state index in [0.717, 1.165) is 6.07 Å². The Bertz CT molecular complexity index is 793. The molecular formula is C19H22FN3O3. The summed E-state index contributed by atoms with van der Waals surface area (Å²) in [4.78, 5) is 26.5. The maximum atomic E-state index is 13.3. The predicted molar refractivity (Wildman–Crippen MR) is 99.3 cm³/mol. The first-order valence-corrected chi connectivity index (χ1v) is 8.08. The van der Waals surface area contributed by atoms with Crippen molar-refractivity contribution in [3.05, 3.63) is 59.4 Å². The van der Waals surface area contributed by atoms with Crippen molar-refractivity contribution < 1.29 is 18.7 Å². The molecular weight excluding hydrogens is 337 g/mol. The van der Waals surface area contributed by atoms with E-state index in [1.807, 2.05) is 19.0 Å². The summed E-state index contributed by atoms with van der Waals surface area (Å²) in [6.07, 6.45) is 0. The van der Waals surface area contributed by atoms with Gasteiger partial charge in [-0.2, -0.15) is 0 Å². The number of carbonyl (C=O) groups is 2. The molecule has 0 heterocycles. The maximum absolute atomic E-state index is 13.3. The highest BCUT2D eigenvalue weighted by Crippen LogP contribution is 2.23. The second kappa shape index (κ2) is 8.96. The van der Waals surface area contributed by atoms with Crippen LogP contribution in [0, 0.1) is 5.82 Å². The third-order valence-electron chi connectivity index (χ3n) is 3.66. The van der Waals surface area contributed by atoms with Gasteiger partial charge in [-0.1, -0.05) is 6.07 Å². The number of ether oxygens (including phenoxy) is 1. The molecule has 0 aromatic heterocycles. The van der Waals surface area contributed by atoms with Crippen LogP contribution in [0.5, 0.6) is 0 Å². The van der Waals surface area contributed by atoms with Crippen LogP contribution in [0.4, 0.5) is 15.8 Å². The zero-order valence-corrected chi connectivity index (χ0v) is 15.0. The lowest BCUT2D eigenvalue weighted by Gasteiger charge is -2.18. The van der Waals surface area contributed by atoms with Crippen molar-refractivity contribution in [3.8, 4) is 0 Å². The van der Waals surface area contributed by atoms with Gasteiger partial charge in [-0.15, -0.1) is 0 Å². The van der Waals surface area contributed by atoms with E-state index in [1.54, 1.807) is 25.3 Å². The molecule has 2 rings (SSSR count). The largest absolute Gasteiger partial charge is 0.383 e. The van der Waals surface area contributed by atoms with Gasteiger partial charge in [-0.05, 0) is 36.4 Å². The molecule has 0 spiro atoms. The second-order valence-electron chi connectivity index (χ2n) is 5.84. The summed E-state index contributed by atoms with van der Waals surface area (Å²) in [5, 5.41) is 5.45. The lowest BCUT2D eigenvalue weighted by molar-refractivity contribution is 0.0936. The van der Waals surface area contributed by atoms with Crippen molar-refractivity contribution >= 4 is 23.2 Å². The second-order valence-corrected chi connectivity index (χ2v) is 5.84. The standard InChI is InChI=1S/C19H22FN3O3/c1-23(2)17-8-7-15(12-16(17)19(25)21-9-10-26-3)22-18(24)13-5-4-6-14(20)11-13/h4-8,11-12H,9-10H2,1-3H3,(H,21,25)(H,22,24). The van der Waals surface area contributed by atoms with E-state index in [1.165, 1.54) is 18.2 Å². The zero-order chi connectivity index (χ0) is 19.1. The number of benzene rings is 2. The number of nitrogens with zero attached hydrogens (tertiary/aromatic N) is 1. The topological polar surface area (TPSA) is 70.7 Å². The lowest BCUT2D eigenvalue weighted by atomic mass is 10.1. The van der Waals surface area contributed by atoms with Gasteiger partial charge in [0.25, 0.3) is 11.8 Å². The van der Waals surface area contributed by atoms with Crippen LogP contribution in [0.3, 0.4) is 0 Å². The van der Waals surface area contributed by atoms with Crippen LogP contribution in [0.1, 0.15) is 20.7 Å². The molecule has 6 nitrogen and oxygen atoms in total. The van der Waals surface area contributed by atoms with Crippen LogP contribution in [-0.2, 0) is 4.74 Å². The molecule has 2 amide bonds. The molecule has 0 fully saturated rings. The molecule has 0 aliphatic carbocycles. The predicted octanol–water partition coefficient (Wildman–Crippen LogP) is 2.52. The molecule has 0 unspecified atom stereocenters. The fourth-order valence-corrected chi connectivity index (χ4v) is 2.38. The Morgan fingerprint density at radius 3 is 2.54 bits per heavy atom. The molecule has 138 valence electrons. The van der Waals surface area contributed by atoms with E-state index in [2.05, 4.69) is 10.6 Å². The van der Waals surface area contributed by atoms with E-state index < -0.39 is 11.7 Å². The number of rotatable bonds is 7. The van der Waals surface area contributed by atoms with Gasteiger partial charge < -0.3 is 20.3 Å². The maximum Gasteiger partial charge on any atom is 0.255 e. The van der Waals surface area contributed by atoms with Crippen LogP contribution in [-0.4, -0.2) is 46.2 Å². The summed E-state index contributed by atoms with van der Waals surface area (Å²) in [5.41, 5.74) is 1.78. The molecule has 7 heteroatoms. The minimum atomic E-state index is -0.487. The number of anilines is 2. The van der Waals surface area contributed by atoms with Crippen molar-refractivity contribution in [1.82, 2.24) is 5.32 Å². The quantitative estimate of drug-likeness (QED) is 0.746.